The molecule has 0 spiro atoms. The van der Waals surface area contributed by atoms with Crippen LogP contribution in [0.3, 0.4) is 0 Å². The summed E-state index contributed by atoms with van der Waals surface area (Å²) in [5.41, 5.74) is 3.14. The van der Waals surface area contributed by atoms with E-state index in [0.29, 0.717) is 16.3 Å². The van der Waals surface area contributed by atoms with Crippen LogP contribution in [0.4, 0.5) is 5.69 Å². The standard InChI is InChI=1S/C16H13ClN2O/c1-10-5-4-7-13(17)15(10)19-16(20)12-9-18-14-8-3-2-6-11(12)14/h2-9,18H,1H3,(H,19,20). The van der Waals surface area contributed by atoms with E-state index in [4.69, 9.17) is 11.6 Å². The molecule has 0 aliphatic rings. The fourth-order valence-electron chi connectivity index (χ4n) is 2.23. The minimum Gasteiger partial charge on any atom is -0.360 e. The fraction of sp³-hybridized carbons (Fsp3) is 0.0625. The van der Waals surface area contributed by atoms with E-state index in [1.165, 1.54) is 0 Å². The molecule has 2 aromatic carbocycles. The smallest absolute Gasteiger partial charge is 0.257 e. The van der Waals surface area contributed by atoms with Crippen LogP contribution in [0.15, 0.2) is 48.7 Å². The quantitative estimate of drug-likeness (QED) is 0.720. The molecule has 0 aliphatic carbocycles. The second-order valence-electron chi connectivity index (χ2n) is 4.63. The van der Waals surface area contributed by atoms with Crippen molar-refractivity contribution in [2.24, 2.45) is 0 Å². The molecule has 0 saturated carbocycles. The molecule has 0 unspecified atom stereocenters. The first-order valence-corrected chi connectivity index (χ1v) is 6.67. The van der Waals surface area contributed by atoms with Crippen LogP contribution in [0, 0.1) is 6.92 Å². The molecular weight excluding hydrogens is 272 g/mol. The summed E-state index contributed by atoms with van der Waals surface area (Å²) in [6.45, 7) is 1.91. The number of carbonyl (C=O) groups is 1. The Bertz CT molecular complexity index is 772. The van der Waals surface area contributed by atoms with Gasteiger partial charge in [-0.25, -0.2) is 0 Å². The minimum atomic E-state index is -0.168. The van der Waals surface area contributed by atoms with E-state index < -0.39 is 0 Å². The first-order valence-electron chi connectivity index (χ1n) is 6.29. The Hall–Kier alpha value is -2.26. The lowest BCUT2D eigenvalue weighted by Crippen LogP contribution is -2.12. The first-order chi connectivity index (χ1) is 9.66. The summed E-state index contributed by atoms with van der Waals surface area (Å²) in [6.07, 6.45) is 1.71. The van der Waals surface area contributed by atoms with Crippen LogP contribution in [0.1, 0.15) is 15.9 Å². The second-order valence-corrected chi connectivity index (χ2v) is 5.04. The van der Waals surface area contributed by atoms with Gasteiger partial charge in [0.15, 0.2) is 0 Å². The van der Waals surface area contributed by atoms with Gasteiger partial charge in [0.2, 0.25) is 0 Å². The number of anilines is 1. The Morgan fingerprint density at radius 1 is 1.15 bits per heavy atom. The van der Waals surface area contributed by atoms with E-state index in [1.54, 1.807) is 12.3 Å². The third-order valence-corrected chi connectivity index (χ3v) is 3.61. The van der Waals surface area contributed by atoms with Crippen LogP contribution in [-0.4, -0.2) is 10.9 Å². The lowest BCUT2D eigenvalue weighted by molar-refractivity contribution is 0.102. The molecule has 1 amide bonds. The van der Waals surface area contributed by atoms with Gasteiger partial charge < -0.3 is 10.3 Å². The molecule has 20 heavy (non-hydrogen) atoms. The van der Waals surface area contributed by atoms with Crippen molar-refractivity contribution in [1.29, 1.82) is 0 Å². The number of nitrogens with one attached hydrogen (secondary N) is 2. The number of para-hydroxylation sites is 2. The van der Waals surface area contributed by atoms with Crippen molar-refractivity contribution < 1.29 is 4.79 Å². The molecule has 4 heteroatoms. The molecule has 3 nitrogen and oxygen atoms in total. The van der Waals surface area contributed by atoms with Gasteiger partial charge in [0.05, 0.1) is 16.3 Å². The highest BCUT2D eigenvalue weighted by molar-refractivity contribution is 6.34. The summed E-state index contributed by atoms with van der Waals surface area (Å²) in [5.74, 6) is -0.168. The molecule has 2 N–H and O–H groups in total. The maximum atomic E-state index is 12.4. The number of aromatic amines is 1. The number of carbonyl (C=O) groups excluding carboxylic acids is 1. The van der Waals surface area contributed by atoms with Gasteiger partial charge in [-0.3, -0.25) is 4.79 Å². The monoisotopic (exact) mass is 284 g/mol. The van der Waals surface area contributed by atoms with Crippen molar-refractivity contribution >= 4 is 34.1 Å². The molecule has 0 aliphatic heterocycles. The van der Waals surface area contributed by atoms with E-state index in [0.717, 1.165) is 16.5 Å². The molecule has 3 rings (SSSR count). The van der Waals surface area contributed by atoms with Crippen molar-refractivity contribution in [1.82, 2.24) is 4.98 Å². The predicted octanol–water partition coefficient (Wildman–Crippen LogP) is 4.38. The molecule has 0 fully saturated rings. The Morgan fingerprint density at radius 2 is 1.95 bits per heavy atom. The summed E-state index contributed by atoms with van der Waals surface area (Å²) in [4.78, 5) is 15.5. The zero-order chi connectivity index (χ0) is 14.1. The highest BCUT2D eigenvalue weighted by Crippen LogP contribution is 2.27. The number of hydrogen-bond acceptors (Lipinski definition) is 1. The van der Waals surface area contributed by atoms with Gasteiger partial charge in [0.25, 0.3) is 5.91 Å². The van der Waals surface area contributed by atoms with E-state index in [1.807, 2.05) is 43.3 Å². The molecule has 0 atom stereocenters. The molecule has 0 bridgehead atoms. The Balaban J connectivity index is 1.98. The van der Waals surface area contributed by atoms with Crippen molar-refractivity contribution in [2.75, 3.05) is 5.32 Å². The number of benzene rings is 2. The molecule has 0 saturated heterocycles. The molecule has 100 valence electrons. The maximum absolute atomic E-state index is 12.4. The number of halogens is 1. The Labute approximate surface area is 121 Å². The van der Waals surface area contributed by atoms with E-state index in [9.17, 15) is 4.79 Å². The van der Waals surface area contributed by atoms with E-state index in [2.05, 4.69) is 10.3 Å². The van der Waals surface area contributed by atoms with Gasteiger partial charge in [-0.15, -0.1) is 0 Å². The minimum absolute atomic E-state index is 0.168. The Kier molecular flexibility index (Phi) is 3.20. The second kappa shape index (κ2) is 5.02. The van der Waals surface area contributed by atoms with Crippen LogP contribution in [0.25, 0.3) is 10.9 Å². The summed E-state index contributed by atoms with van der Waals surface area (Å²) >= 11 is 6.13. The summed E-state index contributed by atoms with van der Waals surface area (Å²) in [6, 6.07) is 13.2. The number of aromatic nitrogens is 1. The first kappa shape index (κ1) is 12.8. The number of H-pyrrole nitrogens is 1. The molecule has 0 radical (unpaired) electrons. The van der Waals surface area contributed by atoms with Crippen molar-refractivity contribution in [3.63, 3.8) is 0 Å². The van der Waals surface area contributed by atoms with Gasteiger partial charge in [-0.05, 0) is 24.6 Å². The van der Waals surface area contributed by atoms with Crippen LogP contribution < -0.4 is 5.32 Å². The zero-order valence-electron chi connectivity index (χ0n) is 10.9. The number of aryl methyl sites for hydroxylation is 1. The van der Waals surface area contributed by atoms with Gasteiger partial charge in [-0.2, -0.15) is 0 Å². The third-order valence-electron chi connectivity index (χ3n) is 3.29. The van der Waals surface area contributed by atoms with Crippen molar-refractivity contribution in [3.05, 3.63) is 64.8 Å². The zero-order valence-corrected chi connectivity index (χ0v) is 11.7. The number of rotatable bonds is 2. The molecule has 1 aromatic heterocycles. The lowest BCUT2D eigenvalue weighted by Gasteiger charge is -2.09. The predicted molar refractivity (Wildman–Crippen MR) is 82.4 cm³/mol. The summed E-state index contributed by atoms with van der Waals surface area (Å²) in [7, 11) is 0. The third kappa shape index (κ3) is 2.17. The fourth-order valence-corrected chi connectivity index (χ4v) is 2.50. The summed E-state index contributed by atoms with van der Waals surface area (Å²) < 4.78 is 0. The van der Waals surface area contributed by atoms with E-state index in [-0.39, 0.29) is 5.91 Å². The van der Waals surface area contributed by atoms with Crippen LogP contribution in [-0.2, 0) is 0 Å². The van der Waals surface area contributed by atoms with Crippen molar-refractivity contribution in [3.8, 4) is 0 Å². The largest absolute Gasteiger partial charge is 0.360 e. The number of amides is 1. The van der Waals surface area contributed by atoms with Gasteiger partial charge in [-0.1, -0.05) is 41.9 Å². The number of fused-ring (bicyclic) bond motifs is 1. The SMILES string of the molecule is Cc1cccc(Cl)c1NC(=O)c1c[nH]c2ccccc12. The highest BCUT2D eigenvalue weighted by Gasteiger charge is 2.14. The van der Waals surface area contributed by atoms with Crippen LogP contribution in [0.5, 0.6) is 0 Å². The van der Waals surface area contributed by atoms with Crippen LogP contribution >= 0.6 is 11.6 Å². The molecule has 3 aromatic rings. The normalized spacial score (nSPS) is 10.7. The van der Waals surface area contributed by atoms with Gasteiger partial charge in [0, 0.05) is 17.1 Å². The Morgan fingerprint density at radius 3 is 2.75 bits per heavy atom. The van der Waals surface area contributed by atoms with Crippen LogP contribution in [0.2, 0.25) is 5.02 Å². The summed E-state index contributed by atoms with van der Waals surface area (Å²) in [5, 5.41) is 4.32. The highest BCUT2D eigenvalue weighted by atomic mass is 35.5. The topological polar surface area (TPSA) is 44.9 Å². The molecule has 1 heterocycles. The maximum Gasteiger partial charge on any atom is 0.257 e. The lowest BCUT2D eigenvalue weighted by atomic mass is 10.1. The van der Waals surface area contributed by atoms with Gasteiger partial charge in [0.1, 0.15) is 0 Å². The average molecular weight is 285 g/mol. The van der Waals surface area contributed by atoms with Crippen molar-refractivity contribution in [2.45, 2.75) is 6.92 Å². The van der Waals surface area contributed by atoms with E-state index >= 15 is 0 Å². The molecular formula is C16H13ClN2O. The van der Waals surface area contributed by atoms with Gasteiger partial charge >= 0.3 is 0 Å². The number of hydrogen-bond donors (Lipinski definition) is 2. The average Bonchev–Trinajstić information content (AvgIpc) is 2.87.